The summed E-state index contributed by atoms with van der Waals surface area (Å²) in [4.78, 5) is 19.9. The molecule has 0 N–H and O–H groups in total. The van der Waals surface area contributed by atoms with Gasteiger partial charge in [0.1, 0.15) is 11.9 Å². The summed E-state index contributed by atoms with van der Waals surface area (Å²) < 4.78 is 7.96. The van der Waals surface area contributed by atoms with Gasteiger partial charge in [0.2, 0.25) is 5.91 Å². The van der Waals surface area contributed by atoms with E-state index in [0.717, 1.165) is 60.7 Å². The van der Waals surface area contributed by atoms with Crippen molar-refractivity contribution in [1.29, 1.82) is 0 Å². The Morgan fingerprint density at radius 3 is 3.00 bits per heavy atom. The number of hydrogen-bond acceptors (Lipinski definition) is 3. The fourth-order valence-corrected chi connectivity index (χ4v) is 4.29. The summed E-state index contributed by atoms with van der Waals surface area (Å²) in [7, 11) is 1.95. The molecule has 0 unspecified atom stereocenters. The summed E-state index contributed by atoms with van der Waals surface area (Å²) in [6.07, 6.45) is 8.14. The van der Waals surface area contributed by atoms with Gasteiger partial charge in [-0.1, -0.05) is 11.6 Å². The average molecular weight is 374 g/mol. The van der Waals surface area contributed by atoms with Crippen LogP contribution < -0.4 is 4.90 Å². The summed E-state index contributed by atoms with van der Waals surface area (Å²) in [5.74, 6) is 0.767. The number of rotatable bonds is 2. The van der Waals surface area contributed by atoms with Gasteiger partial charge in [0.15, 0.2) is 0 Å². The van der Waals surface area contributed by atoms with Gasteiger partial charge in [-0.05, 0) is 55.9 Å². The largest absolute Gasteiger partial charge is 0.369 e. The van der Waals surface area contributed by atoms with Crippen LogP contribution in [0.3, 0.4) is 0 Å². The van der Waals surface area contributed by atoms with Gasteiger partial charge in [0.05, 0.1) is 5.92 Å². The minimum atomic E-state index is -0.282. The molecule has 1 aromatic carbocycles. The van der Waals surface area contributed by atoms with E-state index in [2.05, 4.69) is 4.98 Å². The number of anilines is 1. The molecule has 3 heterocycles. The van der Waals surface area contributed by atoms with Crippen molar-refractivity contribution in [2.24, 2.45) is 13.0 Å². The van der Waals surface area contributed by atoms with E-state index in [1.807, 2.05) is 40.9 Å². The second kappa shape index (κ2) is 7.41. The first-order valence-electron chi connectivity index (χ1n) is 9.34. The second-order valence-electron chi connectivity index (χ2n) is 7.16. The Hall–Kier alpha value is -1.85. The molecular weight excluding hydrogens is 350 g/mol. The molecule has 26 heavy (non-hydrogen) atoms. The van der Waals surface area contributed by atoms with Crippen LogP contribution in [0.15, 0.2) is 30.6 Å². The lowest BCUT2D eigenvalue weighted by Crippen LogP contribution is -2.42. The monoisotopic (exact) mass is 373 g/mol. The van der Waals surface area contributed by atoms with E-state index in [9.17, 15) is 4.79 Å². The summed E-state index contributed by atoms with van der Waals surface area (Å²) in [5, 5.41) is 0.727. The molecule has 138 valence electrons. The molecule has 0 radical (unpaired) electrons. The topological polar surface area (TPSA) is 47.4 Å². The lowest BCUT2D eigenvalue weighted by atomic mass is 9.91. The van der Waals surface area contributed by atoms with E-state index < -0.39 is 0 Å². The smallest absolute Gasteiger partial charge is 0.233 e. The number of carbonyl (C=O) groups is 1. The van der Waals surface area contributed by atoms with Gasteiger partial charge < -0.3 is 14.2 Å². The highest BCUT2D eigenvalue weighted by Crippen LogP contribution is 2.37. The fraction of sp³-hybridized carbons (Fsp3) is 0.500. The van der Waals surface area contributed by atoms with E-state index in [1.54, 1.807) is 6.20 Å². The Kier molecular flexibility index (Phi) is 5.00. The zero-order valence-electron chi connectivity index (χ0n) is 15.0. The zero-order chi connectivity index (χ0) is 18.1. The summed E-state index contributed by atoms with van der Waals surface area (Å²) >= 11 is 6.18. The lowest BCUT2D eigenvalue weighted by Gasteiger charge is -2.34. The third-order valence-corrected chi connectivity index (χ3v) is 5.66. The number of benzene rings is 1. The predicted molar refractivity (Wildman–Crippen MR) is 101 cm³/mol. The summed E-state index contributed by atoms with van der Waals surface area (Å²) in [6.45, 7) is 1.42. The van der Waals surface area contributed by atoms with Crippen LogP contribution in [0.4, 0.5) is 5.69 Å². The maximum atomic E-state index is 13.5. The SMILES string of the molecule is Cn1ccnc1[C@@H]1OCCC[C@H]1C(=O)N1CCCCc2cc(Cl)ccc21. The highest BCUT2D eigenvalue weighted by atomic mass is 35.5. The fourth-order valence-electron chi connectivity index (χ4n) is 4.09. The number of carbonyl (C=O) groups excluding carboxylic acids is 1. The van der Waals surface area contributed by atoms with Gasteiger partial charge in [0.25, 0.3) is 0 Å². The summed E-state index contributed by atoms with van der Waals surface area (Å²) in [5.41, 5.74) is 2.16. The van der Waals surface area contributed by atoms with Crippen LogP contribution in [-0.2, 0) is 23.0 Å². The van der Waals surface area contributed by atoms with Gasteiger partial charge >= 0.3 is 0 Å². The number of aryl methyl sites for hydroxylation is 2. The third kappa shape index (κ3) is 3.26. The number of ether oxygens (including phenoxy) is 1. The zero-order valence-corrected chi connectivity index (χ0v) is 15.8. The standard InChI is InChI=1S/C20H24ClN3O2/c1-23-11-9-22-19(23)18-16(6-4-12-26-18)20(25)24-10-3-2-5-14-13-15(21)7-8-17(14)24/h7-9,11,13,16,18H,2-6,10,12H2,1H3/t16-,18-/m1/s1. The van der Waals surface area contributed by atoms with E-state index >= 15 is 0 Å². The molecule has 2 aliphatic heterocycles. The van der Waals surface area contributed by atoms with Crippen LogP contribution in [0.2, 0.25) is 5.02 Å². The molecule has 2 aliphatic rings. The Bertz CT molecular complexity index is 804. The normalized spacial score (nSPS) is 23.4. The lowest BCUT2D eigenvalue weighted by molar-refractivity contribution is -0.132. The molecule has 1 amide bonds. The highest BCUT2D eigenvalue weighted by molar-refractivity contribution is 6.30. The molecule has 1 fully saturated rings. The number of imidazole rings is 1. The first-order valence-corrected chi connectivity index (χ1v) is 9.71. The van der Waals surface area contributed by atoms with Gasteiger partial charge in [-0.2, -0.15) is 0 Å². The number of hydrogen-bond donors (Lipinski definition) is 0. The molecule has 0 spiro atoms. The predicted octanol–water partition coefficient (Wildman–Crippen LogP) is 3.91. The molecule has 4 rings (SSSR count). The second-order valence-corrected chi connectivity index (χ2v) is 7.59. The average Bonchev–Trinajstić information content (AvgIpc) is 2.96. The number of nitrogens with zero attached hydrogens (tertiary/aromatic N) is 3. The van der Waals surface area contributed by atoms with E-state index in [-0.39, 0.29) is 17.9 Å². The van der Waals surface area contributed by atoms with Crippen LogP contribution in [-0.4, -0.2) is 28.6 Å². The van der Waals surface area contributed by atoms with E-state index in [0.29, 0.717) is 6.61 Å². The molecule has 0 aliphatic carbocycles. The molecule has 2 aromatic rings. The molecule has 6 heteroatoms. The van der Waals surface area contributed by atoms with Gasteiger partial charge in [0, 0.05) is 43.3 Å². The van der Waals surface area contributed by atoms with Crippen molar-refractivity contribution >= 4 is 23.2 Å². The number of amides is 1. The molecule has 1 saturated heterocycles. The van der Waals surface area contributed by atoms with Crippen LogP contribution >= 0.6 is 11.6 Å². The number of halogens is 1. The molecule has 1 aromatic heterocycles. The highest BCUT2D eigenvalue weighted by Gasteiger charge is 2.38. The maximum Gasteiger partial charge on any atom is 0.233 e. The van der Waals surface area contributed by atoms with Crippen molar-refractivity contribution in [3.8, 4) is 0 Å². The first-order chi connectivity index (χ1) is 12.6. The molecule has 0 bridgehead atoms. The van der Waals surface area contributed by atoms with Gasteiger partial charge in [-0.25, -0.2) is 4.98 Å². The minimum Gasteiger partial charge on any atom is -0.369 e. The number of aromatic nitrogens is 2. The molecular formula is C20H24ClN3O2. The number of fused-ring (bicyclic) bond motifs is 1. The van der Waals surface area contributed by atoms with Crippen LogP contribution in [0.25, 0.3) is 0 Å². The van der Waals surface area contributed by atoms with Crippen molar-refractivity contribution in [1.82, 2.24) is 9.55 Å². The van der Waals surface area contributed by atoms with Gasteiger partial charge in [-0.3, -0.25) is 4.79 Å². The summed E-state index contributed by atoms with van der Waals surface area (Å²) in [6, 6.07) is 5.86. The maximum absolute atomic E-state index is 13.5. The Labute approximate surface area is 158 Å². The third-order valence-electron chi connectivity index (χ3n) is 5.43. The van der Waals surface area contributed by atoms with Crippen LogP contribution in [0.1, 0.15) is 43.2 Å². The van der Waals surface area contributed by atoms with Crippen LogP contribution in [0, 0.1) is 5.92 Å². The first kappa shape index (κ1) is 17.6. The molecule has 5 nitrogen and oxygen atoms in total. The Morgan fingerprint density at radius 2 is 2.19 bits per heavy atom. The van der Waals surface area contributed by atoms with Crippen molar-refractivity contribution in [3.63, 3.8) is 0 Å². The van der Waals surface area contributed by atoms with Gasteiger partial charge in [-0.15, -0.1) is 0 Å². The quantitative estimate of drug-likeness (QED) is 0.801. The molecule has 0 saturated carbocycles. The van der Waals surface area contributed by atoms with Crippen molar-refractivity contribution < 1.29 is 9.53 Å². The Morgan fingerprint density at radius 1 is 1.31 bits per heavy atom. The molecule has 2 atom stereocenters. The van der Waals surface area contributed by atoms with E-state index in [4.69, 9.17) is 16.3 Å². The van der Waals surface area contributed by atoms with Crippen molar-refractivity contribution in [2.45, 2.75) is 38.2 Å². The Balaban J connectivity index is 1.66. The van der Waals surface area contributed by atoms with Crippen molar-refractivity contribution in [2.75, 3.05) is 18.1 Å². The van der Waals surface area contributed by atoms with Crippen molar-refractivity contribution in [3.05, 3.63) is 47.0 Å². The van der Waals surface area contributed by atoms with E-state index in [1.165, 1.54) is 0 Å². The van der Waals surface area contributed by atoms with Crippen LogP contribution in [0.5, 0.6) is 0 Å². The minimum absolute atomic E-state index is 0.142.